The predicted molar refractivity (Wildman–Crippen MR) is 80.1 cm³/mol. The van der Waals surface area contributed by atoms with Crippen LogP contribution in [0.1, 0.15) is 12.0 Å². The van der Waals surface area contributed by atoms with Gasteiger partial charge in [-0.05, 0) is 6.42 Å². The molecular formula is C15H26N4O2. The van der Waals surface area contributed by atoms with E-state index in [9.17, 15) is 0 Å². The summed E-state index contributed by atoms with van der Waals surface area (Å²) >= 11 is 0. The van der Waals surface area contributed by atoms with Gasteiger partial charge >= 0.3 is 0 Å². The molecule has 118 valence electrons. The Balaban J connectivity index is 1.59. The number of hydrogen-bond donors (Lipinski definition) is 0. The average molecular weight is 294 g/mol. The second-order valence-corrected chi connectivity index (χ2v) is 6.05. The van der Waals surface area contributed by atoms with E-state index in [0.29, 0.717) is 12.1 Å². The van der Waals surface area contributed by atoms with Crippen LogP contribution in [-0.4, -0.2) is 78.2 Å². The number of morpholine rings is 1. The molecule has 2 aliphatic rings. The van der Waals surface area contributed by atoms with Crippen molar-refractivity contribution in [2.75, 3.05) is 46.5 Å². The number of likely N-dealkylation sites (tertiary alicyclic amines) is 1. The van der Waals surface area contributed by atoms with E-state index in [-0.39, 0.29) is 0 Å². The molecule has 0 N–H and O–H groups in total. The molecule has 2 fully saturated rings. The van der Waals surface area contributed by atoms with Crippen LogP contribution < -0.4 is 0 Å². The van der Waals surface area contributed by atoms with E-state index in [1.54, 1.807) is 7.11 Å². The quantitative estimate of drug-likeness (QED) is 0.783. The topological polar surface area (TPSA) is 42.8 Å². The van der Waals surface area contributed by atoms with E-state index in [4.69, 9.17) is 9.47 Å². The van der Waals surface area contributed by atoms with Crippen molar-refractivity contribution >= 4 is 0 Å². The lowest BCUT2D eigenvalue weighted by Gasteiger charge is -2.47. The van der Waals surface area contributed by atoms with Crippen molar-refractivity contribution in [3.63, 3.8) is 0 Å². The Bertz CT molecular complexity index is 451. The number of hydrogen-bond acceptors (Lipinski definition) is 5. The van der Waals surface area contributed by atoms with Crippen molar-refractivity contribution in [1.82, 2.24) is 19.6 Å². The van der Waals surface area contributed by atoms with Crippen LogP contribution in [0.4, 0.5) is 0 Å². The first-order valence-electron chi connectivity index (χ1n) is 7.80. The van der Waals surface area contributed by atoms with Crippen molar-refractivity contribution in [2.24, 2.45) is 7.05 Å². The van der Waals surface area contributed by atoms with Gasteiger partial charge in [0.2, 0.25) is 0 Å². The van der Waals surface area contributed by atoms with Crippen LogP contribution in [0.3, 0.4) is 0 Å². The Morgan fingerprint density at radius 3 is 3.10 bits per heavy atom. The van der Waals surface area contributed by atoms with Crippen molar-refractivity contribution < 1.29 is 9.47 Å². The standard InChI is InChI=1S/C15H26N4O2/c1-17-10-13(9-16-17)11-18-4-3-15-14(12-18)19(5-7-20-2)6-8-21-15/h9-10,14-15H,3-8,11-12H2,1-2H3/t14-,15-/m1/s1. The summed E-state index contributed by atoms with van der Waals surface area (Å²) in [5, 5.41) is 4.26. The highest BCUT2D eigenvalue weighted by atomic mass is 16.5. The molecule has 2 saturated heterocycles. The fourth-order valence-corrected chi connectivity index (χ4v) is 3.45. The van der Waals surface area contributed by atoms with Crippen LogP contribution in [0.15, 0.2) is 12.4 Å². The monoisotopic (exact) mass is 294 g/mol. The first-order valence-corrected chi connectivity index (χ1v) is 7.80. The van der Waals surface area contributed by atoms with E-state index in [1.807, 2.05) is 17.9 Å². The lowest BCUT2D eigenvalue weighted by molar-refractivity contribution is -0.107. The molecule has 0 unspecified atom stereocenters. The van der Waals surface area contributed by atoms with Crippen molar-refractivity contribution in [3.05, 3.63) is 18.0 Å². The van der Waals surface area contributed by atoms with Gasteiger partial charge in [0.25, 0.3) is 0 Å². The van der Waals surface area contributed by atoms with Crippen LogP contribution in [0.5, 0.6) is 0 Å². The van der Waals surface area contributed by atoms with Gasteiger partial charge in [0, 0.05) is 64.7 Å². The Labute approximate surface area is 126 Å². The molecule has 0 aromatic carbocycles. The molecule has 6 heteroatoms. The van der Waals surface area contributed by atoms with Gasteiger partial charge in [-0.3, -0.25) is 14.5 Å². The molecule has 0 bridgehead atoms. The minimum absolute atomic E-state index is 0.390. The van der Waals surface area contributed by atoms with Crippen molar-refractivity contribution in [2.45, 2.75) is 25.1 Å². The zero-order chi connectivity index (χ0) is 14.7. The number of aromatic nitrogens is 2. The number of aryl methyl sites for hydroxylation is 1. The highest BCUT2D eigenvalue weighted by Crippen LogP contribution is 2.24. The molecule has 0 saturated carbocycles. The Morgan fingerprint density at radius 1 is 1.43 bits per heavy atom. The molecule has 1 aromatic heterocycles. The van der Waals surface area contributed by atoms with Crippen molar-refractivity contribution in [3.8, 4) is 0 Å². The fourth-order valence-electron chi connectivity index (χ4n) is 3.45. The normalized spacial score (nSPS) is 27.7. The molecule has 2 atom stereocenters. The number of rotatable bonds is 5. The zero-order valence-corrected chi connectivity index (χ0v) is 13.1. The first kappa shape index (κ1) is 15.0. The summed E-state index contributed by atoms with van der Waals surface area (Å²) in [5.41, 5.74) is 1.29. The highest BCUT2D eigenvalue weighted by Gasteiger charge is 2.36. The molecule has 6 nitrogen and oxygen atoms in total. The third-order valence-corrected chi connectivity index (χ3v) is 4.53. The van der Waals surface area contributed by atoms with Gasteiger partial charge in [-0.1, -0.05) is 0 Å². The summed E-state index contributed by atoms with van der Waals surface area (Å²) in [5.74, 6) is 0. The third kappa shape index (κ3) is 3.63. The lowest BCUT2D eigenvalue weighted by Crippen LogP contribution is -2.60. The lowest BCUT2D eigenvalue weighted by atomic mass is 9.98. The average Bonchev–Trinajstić information content (AvgIpc) is 2.90. The number of nitrogens with zero attached hydrogens (tertiary/aromatic N) is 4. The van der Waals surface area contributed by atoms with Crippen LogP contribution >= 0.6 is 0 Å². The van der Waals surface area contributed by atoms with Crippen LogP contribution in [0, 0.1) is 0 Å². The van der Waals surface area contributed by atoms with E-state index < -0.39 is 0 Å². The van der Waals surface area contributed by atoms with E-state index in [0.717, 1.165) is 52.4 Å². The Hall–Kier alpha value is -0.950. The SMILES string of the molecule is COCCN1CCO[C@@H]2CCN(Cc3cnn(C)c3)C[C@H]21. The van der Waals surface area contributed by atoms with Crippen LogP contribution in [0.25, 0.3) is 0 Å². The summed E-state index contributed by atoms with van der Waals surface area (Å²) in [6, 6.07) is 0.499. The molecule has 3 rings (SSSR count). The van der Waals surface area contributed by atoms with E-state index in [2.05, 4.69) is 21.1 Å². The van der Waals surface area contributed by atoms with Gasteiger partial charge in [0.1, 0.15) is 0 Å². The Morgan fingerprint density at radius 2 is 2.33 bits per heavy atom. The number of methoxy groups -OCH3 is 1. The van der Waals surface area contributed by atoms with Gasteiger partial charge in [0.15, 0.2) is 0 Å². The molecule has 0 spiro atoms. The summed E-state index contributed by atoms with van der Waals surface area (Å²) in [6.45, 7) is 6.83. The van der Waals surface area contributed by atoms with Crippen LogP contribution in [-0.2, 0) is 23.1 Å². The number of piperidine rings is 1. The van der Waals surface area contributed by atoms with Gasteiger partial charge in [-0.2, -0.15) is 5.10 Å². The summed E-state index contributed by atoms with van der Waals surface area (Å²) in [7, 11) is 3.74. The molecule has 1 aromatic rings. The van der Waals surface area contributed by atoms with Gasteiger partial charge in [0.05, 0.1) is 25.5 Å². The number of fused-ring (bicyclic) bond motifs is 1. The first-order chi connectivity index (χ1) is 10.3. The van der Waals surface area contributed by atoms with Gasteiger partial charge < -0.3 is 9.47 Å². The largest absolute Gasteiger partial charge is 0.383 e. The summed E-state index contributed by atoms with van der Waals surface area (Å²) in [4.78, 5) is 5.06. The summed E-state index contributed by atoms with van der Waals surface area (Å²) in [6.07, 6.45) is 5.58. The van der Waals surface area contributed by atoms with Gasteiger partial charge in [-0.15, -0.1) is 0 Å². The Kier molecular flexibility index (Phi) is 4.90. The highest BCUT2D eigenvalue weighted by molar-refractivity contribution is 5.04. The molecule has 21 heavy (non-hydrogen) atoms. The van der Waals surface area contributed by atoms with Crippen molar-refractivity contribution in [1.29, 1.82) is 0 Å². The minimum atomic E-state index is 0.390. The molecule has 3 heterocycles. The zero-order valence-electron chi connectivity index (χ0n) is 13.1. The predicted octanol–water partition coefficient (Wildman–Crippen LogP) is 0.342. The summed E-state index contributed by atoms with van der Waals surface area (Å²) < 4.78 is 13.1. The maximum absolute atomic E-state index is 5.97. The second kappa shape index (κ2) is 6.87. The maximum Gasteiger partial charge on any atom is 0.0755 e. The fraction of sp³-hybridized carbons (Fsp3) is 0.800. The number of ether oxygens (including phenoxy) is 2. The molecule has 0 aliphatic carbocycles. The van der Waals surface area contributed by atoms with E-state index in [1.165, 1.54) is 5.56 Å². The molecular weight excluding hydrogens is 268 g/mol. The van der Waals surface area contributed by atoms with Gasteiger partial charge in [-0.25, -0.2) is 0 Å². The maximum atomic E-state index is 5.97. The molecule has 0 radical (unpaired) electrons. The molecule has 0 amide bonds. The second-order valence-electron chi connectivity index (χ2n) is 6.05. The third-order valence-electron chi connectivity index (χ3n) is 4.53. The minimum Gasteiger partial charge on any atom is -0.383 e. The van der Waals surface area contributed by atoms with E-state index >= 15 is 0 Å². The molecule has 2 aliphatic heterocycles. The van der Waals surface area contributed by atoms with Crippen LogP contribution in [0.2, 0.25) is 0 Å². The smallest absolute Gasteiger partial charge is 0.0755 e.